The molecule has 2 aromatic rings. The van der Waals surface area contributed by atoms with Crippen molar-refractivity contribution in [1.82, 2.24) is 0 Å². The molecule has 0 aliphatic heterocycles. The molecule has 0 heterocycles. The van der Waals surface area contributed by atoms with E-state index >= 15 is 0 Å². The quantitative estimate of drug-likeness (QED) is 0.557. The van der Waals surface area contributed by atoms with Gasteiger partial charge in [-0.25, -0.2) is 12.8 Å². The van der Waals surface area contributed by atoms with Crippen LogP contribution in [-0.2, 0) is 10.0 Å². The van der Waals surface area contributed by atoms with Gasteiger partial charge in [-0.3, -0.25) is 4.31 Å². The molecule has 2 aromatic carbocycles. The van der Waals surface area contributed by atoms with Crippen molar-refractivity contribution in [3.05, 3.63) is 65.5 Å². The standard InChI is InChI=1S/C23H25F4NO5S/c1-28(34(2,31)32)18-8-10-21(33-23(25,26)27)19(12-18)16(13-29)11-15-5-9-20(30)22(15)14-3-6-17(24)7-4-14/h3-4,6-8,10-12,15,20,22,29-30H,5,9,13H2,1-2H3/b16-11+/t15?,20?,22-/m0/s1. The van der Waals surface area contributed by atoms with Gasteiger partial charge in [0, 0.05) is 18.5 Å². The number of anilines is 1. The van der Waals surface area contributed by atoms with E-state index in [0.29, 0.717) is 18.4 Å². The van der Waals surface area contributed by atoms with Gasteiger partial charge in [-0.15, -0.1) is 13.2 Å². The SMILES string of the molecule is CN(c1ccc(OC(F)(F)F)c(/C(=C/C2CCC(O)[C@H]2c2ccc(F)cc2)CO)c1)S(C)(=O)=O. The van der Waals surface area contributed by atoms with E-state index < -0.39 is 46.6 Å². The van der Waals surface area contributed by atoms with E-state index in [1.165, 1.54) is 43.4 Å². The molecule has 34 heavy (non-hydrogen) atoms. The average molecular weight is 504 g/mol. The lowest BCUT2D eigenvalue weighted by Crippen LogP contribution is -2.25. The summed E-state index contributed by atoms with van der Waals surface area (Å²) in [4.78, 5) is 0. The van der Waals surface area contributed by atoms with E-state index in [2.05, 4.69) is 4.74 Å². The largest absolute Gasteiger partial charge is 0.573 e. The zero-order valence-electron chi connectivity index (χ0n) is 18.5. The van der Waals surface area contributed by atoms with Crippen molar-refractivity contribution in [2.75, 3.05) is 24.2 Å². The highest BCUT2D eigenvalue weighted by Gasteiger charge is 2.36. The molecule has 0 amide bonds. The van der Waals surface area contributed by atoms with Crippen LogP contribution in [0.1, 0.15) is 29.9 Å². The van der Waals surface area contributed by atoms with Crippen molar-refractivity contribution in [3.63, 3.8) is 0 Å². The first-order chi connectivity index (χ1) is 15.8. The molecular weight excluding hydrogens is 478 g/mol. The minimum absolute atomic E-state index is 0.0768. The average Bonchev–Trinajstić information content (AvgIpc) is 3.11. The summed E-state index contributed by atoms with van der Waals surface area (Å²) in [5, 5.41) is 20.6. The number of aliphatic hydroxyl groups is 2. The van der Waals surface area contributed by atoms with Crippen LogP contribution < -0.4 is 9.04 Å². The third-order valence-corrected chi connectivity index (χ3v) is 7.11. The molecule has 2 unspecified atom stereocenters. The molecule has 6 nitrogen and oxygen atoms in total. The molecule has 2 N–H and O–H groups in total. The molecule has 0 radical (unpaired) electrons. The van der Waals surface area contributed by atoms with Gasteiger partial charge in [0.2, 0.25) is 10.0 Å². The van der Waals surface area contributed by atoms with Crippen molar-refractivity contribution in [2.45, 2.75) is 31.2 Å². The molecular formula is C23H25F4NO5S. The number of alkyl halides is 3. The van der Waals surface area contributed by atoms with Crippen LogP contribution in [0, 0.1) is 11.7 Å². The lowest BCUT2D eigenvalue weighted by molar-refractivity contribution is -0.274. The number of rotatable bonds is 7. The second-order valence-electron chi connectivity index (χ2n) is 8.19. The number of aliphatic hydroxyl groups excluding tert-OH is 2. The molecule has 0 bridgehead atoms. The summed E-state index contributed by atoms with van der Waals surface area (Å²) < 4.78 is 81.4. The summed E-state index contributed by atoms with van der Waals surface area (Å²) in [7, 11) is -2.46. The van der Waals surface area contributed by atoms with Crippen molar-refractivity contribution in [1.29, 1.82) is 0 Å². The van der Waals surface area contributed by atoms with Crippen molar-refractivity contribution < 1.29 is 40.9 Å². The maximum absolute atomic E-state index is 13.4. The molecule has 1 aliphatic carbocycles. The Morgan fingerprint density at radius 1 is 1.18 bits per heavy atom. The highest BCUT2D eigenvalue weighted by Crippen LogP contribution is 2.43. The fourth-order valence-electron chi connectivity index (χ4n) is 4.21. The molecule has 1 aliphatic rings. The molecule has 1 fully saturated rings. The van der Waals surface area contributed by atoms with E-state index in [4.69, 9.17) is 0 Å². The molecule has 0 spiro atoms. The predicted octanol–water partition coefficient (Wildman–Crippen LogP) is 4.05. The second-order valence-corrected chi connectivity index (χ2v) is 10.2. The van der Waals surface area contributed by atoms with E-state index in [-0.39, 0.29) is 22.7 Å². The van der Waals surface area contributed by atoms with E-state index in [1.54, 1.807) is 6.08 Å². The number of hydrogen-bond acceptors (Lipinski definition) is 5. The van der Waals surface area contributed by atoms with Crippen LogP contribution in [0.2, 0.25) is 0 Å². The molecule has 3 rings (SSSR count). The molecule has 0 aromatic heterocycles. The Hall–Kier alpha value is -2.63. The van der Waals surface area contributed by atoms with Gasteiger partial charge in [-0.1, -0.05) is 18.2 Å². The highest BCUT2D eigenvalue weighted by molar-refractivity contribution is 7.92. The van der Waals surface area contributed by atoms with Crippen molar-refractivity contribution in [2.24, 2.45) is 5.92 Å². The zero-order chi connectivity index (χ0) is 25.3. The summed E-state index contributed by atoms with van der Waals surface area (Å²) in [6, 6.07) is 8.94. The van der Waals surface area contributed by atoms with Crippen LogP contribution >= 0.6 is 0 Å². The minimum atomic E-state index is -5.01. The van der Waals surface area contributed by atoms with Crippen molar-refractivity contribution in [3.8, 4) is 5.75 Å². The first-order valence-corrected chi connectivity index (χ1v) is 12.2. The Bertz CT molecular complexity index is 1150. The summed E-state index contributed by atoms with van der Waals surface area (Å²) in [6.07, 6.45) is -2.38. The molecule has 1 saturated carbocycles. The number of benzene rings is 2. The summed E-state index contributed by atoms with van der Waals surface area (Å²) >= 11 is 0. The fraction of sp³-hybridized carbons (Fsp3) is 0.391. The third kappa shape index (κ3) is 6.08. The Kier molecular flexibility index (Phi) is 7.59. The fourth-order valence-corrected chi connectivity index (χ4v) is 4.70. The molecule has 0 saturated heterocycles. The number of ether oxygens (including phenoxy) is 1. The van der Waals surface area contributed by atoms with Gasteiger partial charge in [0.1, 0.15) is 11.6 Å². The predicted molar refractivity (Wildman–Crippen MR) is 119 cm³/mol. The third-order valence-electron chi connectivity index (χ3n) is 5.91. The van der Waals surface area contributed by atoms with E-state index in [9.17, 15) is 36.2 Å². The maximum atomic E-state index is 13.4. The van der Waals surface area contributed by atoms with Gasteiger partial charge in [0.15, 0.2) is 0 Å². The van der Waals surface area contributed by atoms with E-state index in [1.807, 2.05) is 0 Å². The number of halogens is 4. The van der Waals surface area contributed by atoms with Gasteiger partial charge in [-0.05, 0) is 60.2 Å². The van der Waals surface area contributed by atoms with Crippen molar-refractivity contribution >= 4 is 21.3 Å². The maximum Gasteiger partial charge on any atom is 0.573 e. The summed E-state index contributed by atoms with van der Waals surface area (Å²) in [5.74, 6) is -1.89. The van der Waals surface area contributed by atoms with Crippen LogP contribution in [0.5, 0.6) is 5.75 Å². The lowest BCUT2D eigenvalue weighted by atomic mass is 9.85. The summed E-state index contributed by atoms with van der Waals surface area (Å²) in [6.45, 7) is -0.664. The monoisotopic (exact) mass is 503 g/mol. The van der Waals surface area contributed by atoms with Gasteiger partial charge in [0.25, 0.3) is 0 Å². The Labute approximate surface area is 195 Å². The lowest BCUT2D eigenvalue weighted by Gasteiger charge is -2.23. The zero-order valence-corrected chi connectivity index (χ0v) is 19.3. The van der Waals surface area contributed by atoms with Crippen LogP contribution in [0.25, 0.3) is 5.57 Å². The Morgan fingerprint density at radius 3 is 2.38 bits per heavy atom. The number of hydrogen-bond donors (Lipinski definition) is 2. The summed E-state index contributed by atoms with van der Waals surface area (Å²) in [5.41, 5.74) is 0.677. The smallest absolute Gasteiger partial charge is 0.405 e. The van der Waals surface area contributed by atoms with Crippen LogP contribution in [0.4, 0.5) is 23.2 Å². The highest BCUT2D eigenvalue weighted by atomic mass is 32.2. The van der Waals surface area contributed by atoms with Crippen LogP contribution in [-0.4, -0.2) is 51.0 Å². The Balaban J connectivity index is 2.09. The minimum Gasteiger partial charge on any atom is -0.405 e. The van der Waals surface area contributed by atoms with E-state index in [0.717, 1.165) is 16.6 Å². The van der Waals surface area contributed by atoms with Gasteiger partial charge in [-0.2, -0.15) is 0 Å². The Morgan fingerprint density at radius 2 is 1.82 bits per heavy atom. The second kappa shape index (κ2) is 9.93. The normalized spacial score (nSPS) is 21.5. The first-order valence-electron chi connectivity index (χ1n) is 10.4. The molecule has 186 valence electrons. The van der Waals surface area contributed by atoms with Crippen LogP contribution in [0.3, 0.4) is 0 Å². The number of sulfonamides is 1. The van der Waals surface area contributed by atoms with Gasteiger partial charge < -0.3 is 14.9 Å². The first kappa shape index (κ1) is 26.0. The molecule has 3 atom stereocenters. The topological polar surface area (TPSA) is 87.1 Å². The molecule has 11 heteroatoms. The van der Waals surface area contributed by atoms with Crippen LogP contribution in [0.15, 0.2) is 48.5 Å². The number of nitrogens with zero attached hydrogens (tertiary/aromatic N) is 1. The van der Waals surface area contributed by atoms with Gasteiger partial charge in [0.05, 0.1) is 24.7 Å². The number of allylic oxidation sites excluding steroid dienone is 1. The van der Waals surface area contributed by atoms with Gasteiger partial charge >= 0.3 is 6.36 Å².